The summed E-state index contributed by atoms with van der Waals surface area (Å²) in [6, 6.07) is 10.5. The molecule has 0 saturated carbocycles. The molecule has 0 aliphatic heterocycles. The van der Waals surface area contributed by atoms with Gasteiger partial charge in [0.25, 0.3) is 7.37 Å². The average molecular weight is 306 g/mol. The summed E-state index contributed by atoms with van der Waals surface area (Å²) < 4.78 is 18.3. The van der Waals surface area contributed by atoms with E-state index in [4.69, 9.17) is 4.52 Å². The number of aliphatic hydroxyl groups excluding tert-OH is 1. The first-order valence-electron chi connectivity index (χ1n) is 6.50. The Hall–Kier alpha value is -1.68. The van der Waals surface area contributed by atoms with Gasteiger partial charge in [-0.05, 0) is 30.3 Å². The second kappa shape index (κ2) is 6.39. The molecule has 0 fully saturated rings. The number of rotatable bonds is 5. The molecule has 2 aromatic rings. The summed E-state index contributed by atoms with van der Waals surface area (Å²) in [5, 5.41) is 10.9. The van der Waals surface area contributed by atoms with E-state index in [0.717, 1.165) is 5.69 Å². The van der Waals surface area contributed by atoms with E-state index in [-0.39, 0.29) is 0 Å². The number of anilines is 1. The zero-order chi connectivity index (χ0) is 15.5. The van der Waals surface area contributed by atoms with E-state index in [0.29, 0.717) is 10.9 Å². The number of nitrogens with zero attached hydrogens (tertiary/aromatic N) is 2. The highest BCUT2D eigenvalue weighted by Crippen LogP contribution is 2.56. The molecule has 5 nitrogen and oxygen atoms in total. The minimum Gasteiger partial charge on any atom is -0.378 e. The Bertz CT molecular complexity index is 629. The van der Waals surface area contributed by atoms with E-state index in [9.17, 15) is 9.67 Å². The van der Waals surface area contributed by atoms with Crippen molar-refractivity contribution >= 4 is 18.4 Å². The average Bonchev–Trinajstić information content (AvgIpc) is 2.54. The third-order valence-electron chi connectivity index (χ3n) is 3.30. The maximum Gasteiger partial charge on any atom is 0.263 e. The van der Waals surface area contributed by atoms with Gasteiger partial charge in [0.05, 0.1) is 0 Å². The van der Waals surface area contributed by atoms with Crippen LogP contribution in [0.2, 0.25) is 0 Å². The largest absolute Gasteiger partial charge is 0.378 e. The predicted octanol–water partition coefficient (Wildman–Crippen LogP) is 2.39. The Balaban J connectivity index is 2.39. The van der Waals surface area contributed by atoms with Crippen LogP contribution >= 0.6 is 7.37 Å². The van der Waals surface area contributed by atoms with Gasteiger partial charge < -0.3 is 14.5 Å². The van der Waals surface area contributed by atoms with Crippen molar-refractivity contribution in [1.82, 2.24) is 4.98 Å². The SMILES string of the molecule is CO[P@](=O)(c1ccc(N(C)C)cc1)[C@@H](O)c1cccnc1. The summed E-state index contributed by atoms with van der Waals surface area (Å²) in [5.41, 5.74) is 1.46. The molecule has 1 N–H and O–H groups in total. The third-order valence-corrected chi connectivity index (χ3v) is 5.80. The minimum atomic E-state index is -3.42. The van der Waals surface area contributed by atoms with Gasteiger partial charge in [-0.2, -0.15) is 0 Å². The van der Waals surface area contributed by atoms with Gasteiger partial charge >= 0.3 is 0 Å². The summed E-state index contributed by atoms with van der Waals surface area (Å²) in [5.74, 6) is -1.23. The van der Waals surface area contributed by atoms with Gasteiger partial charge in [-0.1, -0.05) is 6.07 Å². The lowest BCUT2D eigenvalue weighted by atomic mass is 10.3. The first kappa shape index (κ1) is 15.7. The molecule has 0 aliphatic rings. The fourth-order valence-corrected chi connectivity index (χ4v) is 3.83. The van der Waals surface area contributed by atoms with Gasteiger partial charge in [-0.25, -0.2) is 0 Å². The van der Waals surface area contributed by atoms with Gasteiger partial charge in [0, 0.05) is 50.2 Å². The molecule has 1 aromatic carbocycles. The second-order valence-electron chi connectivity index (χ2n) is 4.85. The standard InChI is InChI=1S/C15H19N2O3P/c1-17(2)13-6-8-14(9-7-13)21(19,20-3)15(18)12-5-4-10-16-11-12/h4-11,15,18H,1-3H3/t15-,21-/m1/s1. The summed E-state index contributed by atoms with van der Waals surface area (Å²) in [6.07, 6.45) is 3.09. The molecular weight excluding hydrogens is 287 g/mol. The Kier molecular flexibility index (Phi) is 4.78. The molecule has 0 amide bonds. The lowest BCUT2D eigenvalue weighted by molar-refractivity contribution is 0.228. The van der Waals surface area contributed by atoms with Crippen LogP contribution in [0.5, 0.6) is 0 Å². The van der Waals surface area contributed by atoms with E-state index < -0.39 is 13.2 Å². The highest BCUT2D eigenvalue weighted by molar-refractivity contribution is 7.67. The highest BCUT2D eigenvalue weighted by atomic mass is 31.2. The molecule has 2 atom stereocenters. The Morgan fingerprint density at radius 3 is 2.38 bits per heavy atom. The molecule has 2 rings (SSSR count). The van der Waals surface area contributed by atoms with Crippen LogP contribution in [0.1, 0.15) is 11.4 Å². The van der Waals surface area contributed by atoms with Crippen LogP contribution < -0.4 is 10.2 Å². The molecule has 21 heavy (non-hydrogen) atoms. The summed E-state index contributed by atoms with van der Waals surface area (Å²) in [4.78, 5) is 5.88. The van der Waals surface area contributed by atoms with E-state index in [1.54, 1.807) is 30.5 Å². The van der Waals surface area contributed by atoms with Crippen molar-refractivity contribution in [2.45, 2.75) is 5.85 Å². The lowest BCUT2D eigenvalue weighted by Crippen LogP contribution is -2.15. The second-order valence-corrected chi connectivity index (χ2v) is 7.42. The smallest absolute Gasteiger partial charge is 0.263 e. The summed E-state index contributed by atoms with van der Waals surface area (Å²) >= 11 is 0. The first-order chi connectivity index (χ1) is 9.99. The van der Waals surface area contributed by atoms with Crippen LogP contribution in [0.4, 0.5) is 5.69 Å². The van der Waals surface area contributed by atoms with Gasteiger partial charge in [-0.15, -0.1) is 0 Å². The van der Waals surface area contributed by atoms with Gasteiger partial charge in [-0.3, -0.25) is 9.55 Å². The van der Waals surface area contributed by atoms with Crippen molar-refractivity contribution in [1.29, 1.82) is 0 Å². The number of aromatic nitrogens is 1. The Morgan fingerprint density at radius 2 is 1.90 bits per heavy atom. The number of pyridine rings is 1. The van der Waals surface area contributed by atoms with Crippen molar-refractivity contribution in [2.75, 3.05) is 26.1 Å². The predicted molar refractivity (Wildman–Crippen MR) is 84.2 cm³/mol. The van der Waals surface area contributed by atoms with Crippen LogP contribution in [0, 0.1) is 0 Å². The molecule has 0 saturated heterocycles. The Morgan fingerprint density at radius 1 is 1.24 bits per heavy atom. The van der Waals surface area contributed by atoms with Crippen LogP contribution in [-0.4, -0.2) is 31.3 Å². The fourth-order valence-electron chi connectivity index (χ4n) is 2.03. The quantitative estimate of drug-likeness (QED) is 0.859. The fraction of sp³-hybridized carbons (Fsp3) is 0.267. The zero-order valence-corrected chi connectivity index (χ0v) is 13.2. The highest BCUT2D eigenvalue weighted by Gasteiger charge is 2.35. The van der Waals surface area contributed by atoms with Crippen molar-refractivity contribution in [3.63, 3.8) is 0 Å². The maximum absolute atomic E-state index is 13.1. The van der Waals surface area contributed by atoms with E-state index >= 15 is 0 Å². The van der Waals surface area contributed by atoms with Crippen LogP contribution in [0.3, 0.4) is 0 Å². The topological polar surface area (TPSA) is 62.7 Å². The monoisotopic (exact) mass is 306 g/mol. The zero-order valence-electron chi connectivity index (χ0n) is 12.3. The van der Waals surface area contributed by atoms with Crippen molar-refractivity contribution in [3.8, 4) is 0 Å². The van der Waals surface area contributed by atoms with Crippen molar-refractivity contribution in [3.05, 3.63) is 54.4 Å². The molecular formula is C15H19N2O3P. The van der Waals surface area contributed by atoms with E-state index in [1.165, 1.54) is 13.3 Å². The first-order valence-corrected chi connectivity index (χ1v) is 8.20. The van der Waals surface area contributed by atoms with E-state index in [2.05, 4.69) is 4.98 Å². The number of hydrogen-bond acceptors (Lipinski definition) is 5. The molecule has 1 heterocycles. The molecule has 0 radical (unpaired) electrons. The molecule has 6 heteroatoms. The normalized spacial score (nSPS) is 15.2. The van der Waals surface area contributed by atoms with Crippen molar-refractivity contribution < 1.29 is 14.2 Å². The molecule has 0 unspecified atom stereocenters. The third kappa shape index (κ3) is 3.16. The maximum atomic E-state index is 13.1. The van der Waals surface area contributed by atoms with E-state index in [1.807, 2.05) is 31.1 Å². The molecule has 0 bridgehead atoms. The summed E-state index contributed by atoms with van der Waals surface area (Å²) in [6.45, 7) is 0. The molecule has 0 spiro atoms. The molecule has 0 aliphatic carbocycles. The number of benzene rings is 1. The van der Waals surface area contributed by atoms with Gasteiger partial charge in [0.2, 0.25) is 0 Å². The van der Waals surface area contributed by atoms with Gasteiger partial charge in [0.1, 0.15) is 0 Å². The number of hydrogen-bond donors (Lipinski definition) is 1. The van der Waals surface area contributed by atoms with Crippen LogP contribution in [0.15, 0.2) is 48.8 Å². The van der Waals surface area contributed by atoms with Crippen LogP contribution in [-0.2, 0) is 9.09 Å². The lowest BCUT2D eigenvalue weighted by Gasteiger charge is -2.23. The number of aliphatic hydroxyl groups is 1. The molecule has 1 aromatic heterocycles. The molecule has 112 valence electrons. The van der Waals surface area contributed by atoms with Crippen LogP contribution in [0.25, 0.3) is 0 Å². The van der Waals surface area contributed by atoms with Gasteiger partial charge in [0.15, 0.2) is 5.85 Å². The minimum absolute atomic E-state index is 0.472. The summed E-state index contributed by atoms with van der Waals surface area (Å²) in [7, 11) is 1.78. The van der Waals surface area contributed by atoms with Crippen molar-refractivity contribution in [2.24, 2.45) is 0 Å². The Labute approximate surface area is 124 Å².